The van der Waals surface area contributed by atoms with Crippen molar-refractivity contribution < 1.29 is 19.5 Å². The van der Waals surface area contributed by atoms with Gasteiger partial charge >= 0.3 is 5.97 Å². The van der Waals surface area contributed by atoms with Crippen LogP contribution in [0, 0.1) is 0 Å². The first kappa shape index (κ1) is 16.0. The van der Waals surface area contributed by atoms with E-state index in [2.05, 4.69) is 10.6 Å². The Morgan fingerprint density at radius 2 is 1.91 bits per heavy atom. The van der Waals surface area contributed by atoms with E-state index >= 15 is 0 Å². The second-order valence-corrected chi connectivity index (χ2v) is 5.29. The molecule has 118 valence electrons. The Bertz CT molecular complexity index is 588. The number of carboxylic acid groups (broad SMARTS) is 1. The number of carbonyl (C=O) groups is 3. The highest BCUT2D eigenvalue weighted by Gasteiger charge is 2.26. The summed E-state index contributed by atoms with van der Waals surface area (Å²) >= 11 is 0. The standard InChI is InChI=1S/C10H12N2O.C5H7NO3/c11-8-6-5-7-3-1-2-4-9(7)12-10(8)13;7-4-2-1-3(6-4)5(8)9/h1-4,8H,5-6,11H2,(H,12,13);3H,1-2H2,(H,6,7)(H,8,9)/t8-;3-/m00/s1. The number of aryl methyl sites for hydroxylation is 1. The largest absolute Gasteiger partial charge is 0.480 e. The van der Waals surface area contributed by atoms with Gasteiger partial charge in [-0.05, 0) is 30.9 Å². The molecule has 0 radical (unpaired) electrons. The van der Waals surface area contributed by atoms with E-state index in [0.29, 0.717) is 12.8 Å². The van der Waals surface area contributed by atoms with Gasteiger partial charge in [-0.1, -0.05) is 18.2 Å². The molecule has 2 aliphatic heterocycles. The second kappa shape index (κ2) is 7.04. The number of aliphatic carboxylic acids is 1. The lowest BCUT2D eigenvalue weighted by Crippen LogP contribution is -2.34. The number of carboxylic acids is 1. The van der Waals surface area contributed by atoms with Gasteiger partial charge in [0.2, 0.25) is 11.8 Å². The minimum absolute atomic E-state index is 0.0787. The highest BCUT2D eigenvalue weighted by atomic mass is 16.4. The Labute approximate surface area is 127 Å². The van der Waals surface area contributed by atoms with Crippen molar-refractivity contribution in [3.8, 4) is 0 Å². The number of nitrogens with two attached hydrogens (primary N) is 1. The van der Waals surface area contributed by atoms with Crippen LogP contribution in [0.4, 0.5) is 5.69 Å². The lowest BCUT2D eigenvalue weighted by Gasteiger charge is -2.06. The summed E-state index contributed by atoms with van der Waals surface area (Å²) in [5.41, 5.74) is 7.72. The number of nitrogens with one attached hydrogen (secondary N) is 2. The molecule has 0 bridgehead atoms. The van der Waals surface area contributed by atoms with E-state index < -0.39 is 12.0 Å². The molecular weight excluding hydrogens is 286 g/mol. The van der Waals surface area contributed by atoms with Gasteiger partial charge in [0.05, 0.1) is 6.04 Å². The molecule has 2 aliphatic rings. The van der Waals surface area contributed by atoms with E-state index in [1.165, 1.54) is 5.56 Å². The fourth-order valence-electron chi connectivity index (χ4n) is 2.33. The van der Waals surface area contributed by atoms with Crippen LogP contribution in [0.1, 0.15) is 24.8 Å². The lowest BCUT2D eigenvalue weighted by molar-refractivity contribution is -0.140. The molecule has 1 aromatic carbocycles. The molecule has 0 aliphatic carbocycles. The van der Waals surface area contributed by atoms with Crippen molar-refractivity contribution in [1.82, 2.24) is 5.32 Å². The first-order valence-electron chi connectivity index (χ1n) is 7.14. The molecule has 1 fully saturated rings. The monoisotopic (exact) mass is 305 g/mol. The van der Waals surface area contributed by atoms with Gasteiger partial charge in [-0.25, -0.2) is 4.79 Å². The summed E-state index contributed by atoms with van der Waals surface area (Å²) in [7, 11) is 0. The van der Waals surface area contributed by atoms with Crippen molar-refractivity contribution in [3.05, 3.63) is 29.8 Å². The lowest BCUT2D eigenvalue weighted by atomic mass is 10.1. The van der Waals surface area contributed by atoms with Crippen LogP contribution in [-0.2, 0) is 20.8 Å². The molecule has 2 amide bonds. The smallest absolute Gasteiger partial charge is 0.326 e. The van der Waals surface area contributed by atoms with Gasteiger partial charge in [0, 0.05) is 12.1 Å². The number of benzene rings is 1. The third-order valence-electron chi connectivity index (χ3n) is 3.63. The van der Waals surface area contributed by atoms with Gasteiger partial charge in [-0.15, -0.1) is 0 Å². The molecule has 7 nitrogen and oxygen atoms in total. The summed E-state index contributed by atoms with van der Waals surface area (Å²) in [4.78, 5) is 31.9. The van der Waals surface area contributed by atoms with Crippen LogP contribution in [0.3, 0.4) is 0 Å². The van der Waals surface area contributed by atoms with Crippen molar-refractivity contribution in [3.63, 3.8) is 0 Å². The summed E-state index contributed by atoms with van der Waals surface area (Å²) in [5.74, 6) is -1.19. The van der Waals surface area contributed by atoms with Crippen LogP contribution in [0.5, 0.6) is 0 Å². The van der Waals surface area contributed by atoms with Crippen LogP contribution in [0.2, 0.25) is 0 Å². The average Bonchev–Trinajstić information content (AvgIpc) is 2.87. The molecule has 0 unspecified atom stereocenters. The molecular formula is C15H19N3O4. The molecule has 0 spiro atoms. The summed E-state index contributed by atoms with van der Waals surface area (Å²) in [6.45, 7) is 0. The Morgan fingerprint density at radius 3 is 2.50 bits per heavy atom. The summed E-state index contributed by atoms with van der Waals surface area (Å²) in [6.07, 6.45) is 2.37. The van der Waals surface area contributed by atoms with Crippen LogP contribution in [0.25, 0.3) is 0 Å². The van der Waals surface area contributed by atoms with Crippen molar-refractivity contribution >= 4 is 23.5 Å². The highest BCUT2D eigenvalue weighted by Crippen LogP contribution is 2.20. The zero-order valence-electron chi connectivity index (χ0n) is 12.0. The Balaban J connectivity index is 0.000000172. The van der Waals surface area contributed by atoms with Gasteiger partial charge in [-0.3, -0.25) is 9.59 Å². The molecule has 2 atom stereocenters. The molecule has 2 heterocycles. The quantitative estimate of drug-likeness (QED) is 0.592. The molecule has 3 rings (SSSR count). The molecule has 1 aromatic rings. The third-order valence-corrected chi connectivity index (χ3v) is 3.63. The topological polar surface area (TPSA) is 122 Å². The summed E-state index contributed by atoms with van der Waals surface area (Å²) in [5, 5.41) is 13.4. The van der Waals surface area contributed by atoms with Gasteiger partial charge < -0.3 is 21.5 Å². The number of para-hydroxylation sites is 1. The van der Waals surface area contributed by atoms with Crippen molar-refractivity contribution in [2.24, 2.45) is 5.73 Å². The van der Waals surface area contributed by atoms with Gasteiger partial charge in [0.15, 0.2) is 0 Å². The number of rotatable bonds is 1. The second-order valence-electron chi connectivity index (χ2n) is 5.29. The van der Waals surface area contributed by atoms with E-state index in [9.17, 15) is 14.4 Å². The van der Waals surface area contributed by atoms with Crippen molar-refractivity contribution in [1.29, 1.82) is 0 Å². The number of hydrogen-bond acceptors (Lipinski definition) is 4. The van der Waals surface area contributed by atoms with Gasteiger partial charge in [0.25, 0.3) is 0 Å². The van der Waals surface area contributed by atoms with E-state index in [1.54, 1.807) is 0 Å². The molecule has 0 aromatic heterocycles. The van der Waals surface area contributed by atoms with Crippen LogP contribution in [0.15, 0.2) is 24.3 Å². The van der Waals surface area contributed by atoms with Gasteiger partial charge in [0.1, 0.15) is 6.04 Å². The zero-order valence-corrected chi connectivity index (χ0v) is 12.0. The first-order valence-corrected chi connectivity index (χ1v) is 7.14. The maximum Gasteiger partial charge on any atom is 0.326 e. The minimum Gasteiger partial charge on any atom is -0.480 e. The van der Waals surface area contributed by atoms with Crippen LogP contribution >= 0.6 is 0 Å². The molecule has 7 heteroatoms. The van der Waals surface area contributed by atoms with Crippen LogP contribution in [-0.4, -0.2) is 35.0 Å². The Morgan fingerprint density at radius 1 is 1.18 bits per heavy atom. The van der Waals surface area contributed by atoms with E-state index in [0.717, 1.165) is 18.5 Å². The maximum absolute atomic E-state index is 11.3. The fraction of sp³-hybridized carbons (Fsp3) is 0.400. The summed E-state index contributed by atoms with van der Waals surface area (Å²) in [6, 6.07) is 6.81. The number of amides is 2. The maximum atomic E-state index is 11.3. The van der Waals surface area contributed by atoms with E-state index in [1.807, 2.05) is 24.3 Å². The Kier molecular flexibility index (Phi) is 5.11. The number of anilines is 1. The molecule has 1 saturated heterocycles. The SMILES string of the molecule is N[C@H]1CCc2ccccc2NC1=O.O=C1CC[C@@H](C(=O)O)N1. The predicted octanol–water partition coefficient (Wildman–Crippen LogP) is 0.248. The van der Waals surface area contributed by atoms with E-state index in [4.69, 9.17) is 10.8 Å². The van der Waals surface area contributed by atoms with Gasteiger partial charge in [-0.2, -0.15) is 0 Å². The first-order chi connectivity index (χ1) is 10.5. The number of carbonyl (C=O) groups excluding carboxylic acids is 2. The third kappa shape index (κ3) is 4.05. The normalized spacial score (nSPS) is 23.3. The highest BCUT2D eigenvalue weighted by molar-refractivity contribution is 5.96. The Hall–Kier alpha value is -2.41. The number of fused-ring (bicyclic) bond motifs is 1. The minimum atomic E-state index is -0.944. The number of hydrogen-bond donors (Lipinski definition) is 4. The molecule has 22 heavy (non-hydrogen) atoms. The molecule has 5 N–H and O–H groups in total. The van der Waals surface area contributed by atoms with Crippen molar-refractivity contribution in [2.45, 2.75) is 37.8 Å². The van der Waals surface area contributed by atoms with E-state index in [-0.39, 0.29) is 17.9 Å². The predicted molar refractivity (Wildman–Crippen MR) is 80.2 cm³/mol. The zero-order chi connectivity index (χ0) is 16.1. The van der Waals surface area contributed by atoms with Crippen LogP contribution < -0.4 is 16.4 Å². The summed E-state index contributed by atoms with van der Waals surface area (Å²) < 4.78 is 0. The fourth-order valence-corrected chi connectivity index (χ4v) is 2.33. The van der Waals surface area contributed by atoms with Crippen molar-refractivity contribution in [2.75, 3.05) is 5.32 Å². The molecule has 0 saturated carbocycles. The average molecular weight is 305 g/mol.